The van der Waals surface area contributed by atoms with Gasteiger partial charge < -0.3 is 9.30 Å². The summed E-state index contributed by atoms with van der Waals surface area (Å²) in [7, 11) is 0. The van der Waals surface area contributed by atoms with Gasteiger partial charge in [0.1, 0.15) is 12.4 Å². The molecule has 0 fully saturated rings. The number of benzene rings is 2. The molecule has 0 N–H and O–H groups in total. The number of fused-ring (bicyclic) bond motifs is 1. The number of rotatable bonds is 5. The summed E-state index contributed by atoms with van der Waals surface area (Å²) in [6.07, 6.45) is 0.155. The van der Waals surface area contributed by atoms with Crippen LogP contribution in [0.2, 0.25) is 0 Å². The van der Waals surface area contributed by atoms with Crippen molar-refractivity contribution in [2.45, 2.75) is 26.8 Å². The average Bonchev–Trinajstić information content (AvgIpc) is 2.93. The number of thiazole rings is 1. The summed E-state index contributed by atoms with van der Waals surface area (Å²) in [5.74, 6) is -1.15. The first-order valence-electron chi connectivity index (χ1n) is 8.54. The van der Waals surface area contributed by atoms with Crippen molar-refractivity contribution in [3.63, 3.8) is 0 Å². The molecule has 0 atom stereocenters. The minimum Gasteiger partial charge on any atom is -0.465 e. The summed E-state index contributed by atoms with van der Waals surface area (Å²) in [6.45, 7) is 3.87. The summed E-state index contributed by atoms with van der Waals surface area (Å²) >= 11 is 1.17. The van der Waals surface area contributed by atoms with Crippen LogP contribution >= 0.6 is 11.3 Å². The quantitative estimate of drug-likeness (QED) is 0.632. The van der Waals surface area contributed by atoms with E-state index in [0.29, 0.717) is 15.0 Å². The van der Waals surface area contributed by atoms with Crippen LogP contribution in [0.25, 0.3) is 10.2 Å². The zero-order chi connectivity index (χ0) is 19.4. The van der Waals surface area contributed by atoms with E-state index in [9.17, 15) is 14.0 Å². The lowest BCUT2D eigenvalue weighted by Crippen LogP contribution is -2.23. The van der Waals surface area contributed by atoms with E-state index in [2.05, 4.69) is 4.99 Å². The fourth-order valence-corrected chi connectivity index (χ4v) is 3.72. The molecule has 0 aliphatic heterocycles. The maximum atomic E-state index is 13.6. The van der Waals surface area contributed by atoms with Crippen molar-refractivity contribution in [1.29, 1.82) is 0 Å². The van der Waals surface area contributed by atoms with Crippen LogP contribution in [0.1, 0.15) is 18.1 Å². The predicted octanol–water partition coefficient (Wildman–Crippen LogP) is 3.38. The average molecular weight is 386 g/mol. The van der Waals surface area contributed by atoms with Gasteiger partial charge in [-0.15, -0.1) is 0 Å². The summed E-state index contributed by atoms with van der Waals surface area (Å²) in [6, 6.07) is 11.9. The number of hydrogen-bond donors (Lipinski definition) is 0. The Balaban J connectivity index is 1.97. The Labute approximate surface area is 159 Å². The number of aryl methyl sites for hydroxylation is 1. The topological polar surface area (TPSA) is 60.7 Å². The van der Waals surface area contributed by atoms with Gasteiger partial charge >= 0.3 is 5.97 Å². The van der Waals surface area contributed by atoms with Gasteiger partial charge in [-0.1, -0.05) is 41.2 Å². The fourth-order valence-electron chi connectivity index (χ4n) is 2.65. The molecule has 3 aromatic rings. The van der Waals surface area contributed by atoms with Gasteiger partial charge in [0, 0.05) is 0 Å². The van der Waals surface area contributed by atoms with Gasteiger partial charge in [0.25, 0.3) is 5.91 Å². The standard InChI is InChI=1S/C20H19FN2O3S/c1-3-26-19(25)12-23-16-9-8-15(21)11-17(16)27-20(23)22-18(24)10-14-6-4-13(2)5-7-14/h4-9,11H,3,10,12H2,1-2H3. The van der Waals surface area contributed by atoms with Crippen LogP contribution in [0, 0.1) is 12.7 Å². The van der Waals surface area contributed by atoms with Crippen molar-refractivity contribution in [3.05, 3.63) is 64.2 Å². The van der Waals surface area contributed by atoms with Crippen molar-refractivity contribution < 1.29 is 18.7 Å². The van der Waals surface area contributed by atoms with Gasteiger partial charge in [0.2, 0.25) is 0 Å². The van der Waals surface area contributed by atoms with Crippen molar-refractivity contribution in [1.82, 2.24) is 4.57 Å². The Kier molecular flexibility index (Phi) is 5.81. The molecule has 1 amide bonds. The third kappa shape index (κ3) is 4.68. The molecule has 0 spiro atoms. The highest BCUT2D eigenvalue weighted by Gasteiger charge is 2.13. The zero-order valence-electron chi connectivity index (χ0n) is 15.1. The van der Waals surface area contributed by atoms with Crippen molar-refractivity contribution >= 4 is 33.4 Å². The molecule has 0 radical (unpaired) electrons. The number of ether oxygens (including phenoxy) is 1. The normalized spacial score (nSPS) is 11.7. The number of nitrogens with zero attached hydrogens (tertiary/aromatic N) is 2. The van der Waals surface area contributed by atoms with E-state index in [1.54, 1.807) is 17.6 Å². The molecular weight excluding hydrogens is 367 g/mol. The number of carbonyl (C=O) groups excluding carboxylic acids is 2. The maximum Gasteiger partial charge on any atom is 0.326 e. The van der Waals surface area contributed by atoms with Crippen LogP contribution in [0.4, 0.5) is 4.39 Å². The molecule has 3 rings (SSSR count). The second-order valence-corrected chi connectivity index (χ2v) is 7.06. The van der Waals surface area contributed by atoms with Crippen LogP contribution in [0.3, 0.4) is 0 Å². The lowest BCUT2D eigenvalue weighted by atomic mass is 10.1. The zero-order valence-corrected chi connectivity index (χ0v) is 15.9. The Morgan fingerprint density at radius 2 is 1.93 bits per heavy atom. The van der Waals surface area contributed by atoms with Crippen LogP contribution in [-0.4, -0.2) is 23.1 Å². The van der Waals surface area contributed by atoms with Crippen LogP contribution in [-0.2, 0) is 27.3 Å². The minimum atomic E-state index is -0.436. The highest BCUT2D eigenvalue weighted by atomic mass is 32.1. The smallest absolute Gasteiger partial charge is 0.326 e. The summed E-state index contributed by atoms with van der Waals surface area (Å²) in [5.41, 5.74) is 2.61. The van der Waals surface area contributed by atoms with Crippen LogP contribution in [0.15, 0.2) is 47.5 Å². The van der Waals surface area contributed by atoms with Gasteiger partial charge in [0.15, 0.2) is 4.80 Å². The van der Waals surface area contributed by atoms with E-state index in [4.69, 9.17) is 4.74 Å². The number of esters is 1. The Bertz CT molecular complexity index is 1050. The van der Waals surface area contributed by atoms with Gasteiger partial charge in [-0.05, 0) is 37.6 Å². The predicted molar refractivity (Wildman–Crippen MR) is 102 cm³/mol. The molecule has 0 aliphatic carbocycles. The van der Waals surface area contributed by atoms with E-state index >= 15 is 0 Å². The van der Waals surface area contributed by atoms with E-state index in [0.717, 1.165) is 11.1 Å². The molecule has 0 unspecified atom stereocenters. The lowest BCUT2D eigenvalue weighted by Gasteiger charge is -2.05. The Morgan fingerprint density at radius 1 is 1.19 bits per heavy atom. The van der Waals surface area contributed by atoms with Gasteiger partial charge in [-0.2, -0.15) is 4.99 Å². The van der Waals surface area contributed by atoms with Crippen LogP contribution in [0.5, 0.6) is 0 Å². The lowest BCUT2D eigenvalue weighted by molar-refractivity contribution is -0.143. The SMILES string of the molecule is CCOC(=O)Cn1c(=NC(=O)Cc2ccc(C)cc2)sc2cc(F)ccc21. The van der Waals surface area contributed by atoms with E-state index in [1.807, 2.05) is 31.2 Å². The maximum absolute atomic E-state index is 13.6. The summed E-state index contributed by atoms with van der Waals surface area (Å²) in [4.78, 5) is 28.9. The highest BCUT2D eigenvalue weighted by molar-refractivity contribution is 7.16. The molecule has 0 aliphatic rings. The van der Waals surface area contributed by atoms with Crippen molar-refractivity contribution in [3.8, 4) is 0 Å². The fraction of sp³-hybridized carbons (Fsp3) is 0.250. The molecular formula is C20H19FN2O3S. The molecule has 2 aromatic carbocycles. The largest absolute Gasteiger partial charge is 0.465 e. The van der Waals surface area contributed by atoms with E-state index in [1.165, 1.54) is 23.5 Å². The second kappa shape index (κ2) is 8.26. The third-order valence-electron chi connectivity index (χ3n) is 3.93. The molecule has 1 heterocycles. The first-order chi connectivity index (χ1) is 13.0. The molecule has 0 bridgehead atoms. The van der Waals surface area contributed by atoms with Crippen molar-refractivity contribution in [2.24, 2.45) is 4.99 Å². The number of hydrogen-bond acceptors (Lipinski definition) is 4. The molecule has 7 heteroatoms. The molecule has 5 nitrogen and oxygen atoms in total. The second-order valence-electron chi connectivity index (χ2n) is 6.06. The number of halogens is 1. The van der Waals surface area contributed by atoms with Gasteiger partial charge in [0.05, 0.1) is 23.2 Å². The number of aromatic nitrogens is 1. The highest BCUT2D eigenvalue weighted by Crippen LogP contribution is 2.19. The minimum absolute atomic E-state index is 0.0872. The number of amides is 1. The molecule has 140 valence electrons. The summed E-state index contributed by atoms with van der Waals surface area (Å²) in [5, 5.41) is 0. The van der Waals surface area contributed by atoms with Gasteiger partial charge in [-0.3, -0.25) is 9.59 Å². The molecule has 27 heavy (non-hydrogen) atoms. The van der Waals surface area contributed by atoms with Gasteiger partial charge in [-0.25, -0.2) is 4.39 Å². The molecule has 0 saturated carbocycles. The Hall–Kier alpha value is -2.80. The Morgan fingerprint density at radius 3 is 2.63 bits per heavy atom. The van der Waals surface area contributed by atoms with Crippen LogP contribution < -0.4 is 4.80 Å². The molecule has 1 aromatic heterocycles. The third-order valence-corrected chi connectivity index (χ3v) is 4.97. The first-order valence-corrected chi connectivity index (χ1v) is 9.35. The first kappa shape index (κ1) is 19.0. The van der Waals surface area contributed by atoms with Crippen molar-refractivity contribution in [2.75, 3.05) is 6.61 Å². The molecule has 0 saturated heterocycles. The number of carbonyl (C=O) groups is 2. The summed E-state index contributed by atoms with van der Waals surface area (Å²) < 4.78 is 20.8. The van der Waals surface area contributed by atoms with E-state index < -0.39 is 5.97 Å². The van der Waals surface area contributed by atoms with E-state index in [-0.39, 0.29) is 31.3 Å². The monoisotopic (exact) mass is 386 g/mol.